The largest absolute Gasteiger partial charge is 0.493 e. The molecule has 7 heteroatoms. The van der Waals surface area contributed by atoms with Crippen LogP contribution in [-0.4, -0.2) is 34.4 Å². The topological polar surface area (TPSA) is 62.1 Å². The van der Waals surface area contributed by atoms with Gasteiger partial charge in [-0.05, 0) is 59.7 Å². The van der Waals surface area contributed by atoms with Crippen molar-refractivity contribution in [3.8, 4) is 17.2 Å². The first-order chi connectivity index (χ1) is 12.1. The molecule has 0 atom stereocenters. The molecule has 0 saturated heterocycles. The van der Waals surface area contributed by atoms with E-state index < -0.39 is 0 Å². The molecule has 0 amide bonds. The van der Waals surface area contributed by atoms with Crippen LogP contribution in [0.25, 0.3) is 5.69 Å². The summed E-state index contributed by atoms with van der Waals surface area (Å²) in [5.74, 6) is 2.19. The summed E-state index contributed by atoms with van der Waals surface area (Å²) in [4.78, 5) is 0. The van der Waals surface area contributed by atoms with Crippen LogP contribution < -0.4 is 9.47 Å². The predicted octanol–water partition coefficient (Wildman–Crippen LogP) is 3.59. The number of benzene rings is 2. The quantitative estimate of drug-likeness (QED) is 0.629. The third-order valence-electron chi connectivity index (χ3n) is 3.92. The van der Waals surface area contributed by atoms with Crippen molar-refractivity contribution < 1.29 is 9.47 Å². The van der Waals surface area contributed by atoms with Gasteiger partial charge in [0.15, 0.2) is 11.5 Å². The van der Waals surface area contributed by atoms with Crippen molar-refractivity contribution in [1.29, 1.82) is 0 Å². The number of rotatable bonds is 6. The van der Waals surface area contributed by atoms with Gasteiger partial charge < -0.3 is 9.47 Å². The van der Waals surface area contributed by atoms with E-state index in [4.69, 9.17) is 9.47 Å². The molecule has 0 aliphatic rings. The highest BCUT2D eigenvalue weighted by atomic mass is 32.2. The van der Waals surface area contributed by atoms with Crippen LogP contribution >= 0.6 is 11.8 Å². The van der Waals surface area contributed by atoms with Crippen LogP contribution in [0.2, 0.25) is 0 Å². The zero-order valence-corrected chi connectivity index (χ0v) is 15.5. The molecule has 1 heterocycles. The van der Waals surface area contributed by atoms with Gasteiger partial charge in [0.1, 0.15) is 0 Å². The van der Waals surface area contributed by atoms with E-state index in [1.165, 1.54) is 5.56 Å². The van der Waals surface area contributed by atoms with Gasteiger partial charge in [0, 0.05) is 5.75 Å². The number of hydrogen-bond acceptors (Lipinski definition) is 6. The molecule has 0 aliphatic carbocycles. The molecule has 3 rings (SSSR count). The second kappa shape index (κ2) is 7.57. The maximum atomic E-state index is 5.39. The second-order valence-corrected chi connectivity index (χ2v) is 6.57. The number of aryl methyl sites for hydroxylation is 2. The molecule has 0 saturated carbocycles. The lowest BCUT2D eigenvalue weighted by molar-refractivity contribution is 0.354. The summed E-state index contributed by atoms with van der Waals surface area (Å²) in [6.45, 7) is 4.11. The van der Waals surface area contributed by atoms with E-state index in [-0.39, 0.29) is 0 Å². The predicted molar refractivity (Wildman–Crippen MR) is 97.7 cm³/mol. The Morgan fingerprint density at radius 2 is 1.68 bits per heavy atom. The molecular weight excluding hydrogens is 336 g/mol. The van der Waals surface area contributed by atoms with E-state index in [1.807, 2.05) is 36.4 Å². The van der Waals surface area contributed by atoms with Crippen LogP contribution in [0.5, 0.6) is 11.5 Å². The fourth-order valence-corrected chi connectivity index (χ4v) is 3.39. The summed E-state index contributed by atoms with van der Waals surface area (Å²) in [6.07, 6.45) is 0. The smallest absolute Gasteiger partial charge is 0.214 e. The van der Waals surface area contributed by atoms with Crippen molar-refractivity contribution in [3.63, 3.8) is 0 Å². The summed E-state index contributed by atoms with van der Waals surface area (Å²) in [6, 6.07) is 12.1. The highest BCUT2D eigenvalue weighted by Crippen LogP contribution is 2.33. The Labute approximate surface area is 151 Å². The van der Waals surface area contributed by atoms with Crippen LogP contribution in [0.15, 0.2) is 41.6 Å². The standard InChI is InChI=1S/C18H20N4O2S/c1-12-5-7-15(8-6-12)22-18(19-20-21-22)25-11-14-10-17(24-4)16(23-3)9-13(14)2/h5-10H,11H2,1-4H3. The third kappa shape index (κ3) is 3.76. The summed E-state index contributed by atoms with van der Waals surface area (Å²) in [5.41, 5.74) is 4.44. The Morgan fingerprint density at radius 3 is 2.36 bits per heavy atom. The van der Waals surface area contributed by atoms with Crippen molar-refractivity contribution in [2.75, 3.05) is 14.2 Å². The van der Waals surface area contributed by atoms with Gasteiger partial charge in [0.25, 0.3) is 0 Å². The summed E-state index contributed by atoms with van der Waals surface area (Å²) in [7, 11) is 3.28. The zero-order chi connectivity index (χ0) is 17.8. The van der Waals surface area contributed by atoms with E-state index in [1.54, 1.807) is 30.7 Å². The first kappa shape index (κ1) is 17.3. The highest BCUT2D eigenvalue weighted by molar-refractivity contribution is 7.98. The zero-order valence-electron chi connectivity index (χ0n) is 14.7. The SMILES string of the molecule is COc1cc(C)c(CSc2nnnn2-c2ccc(C)cc2)cc1OC. The Kier molecular flexibility index (Phi) is 5.23. The average Bonchev–Trinajstić information content (AvgIpc) is 3.09. The Hall–Kier alpha value is -2.54. The molecule has 130 valence electrons. The van der Waals surface area contributed by atoms with Crippen molar-refractivity contribution in [1.82, 2.24) is 20.2 Å². The summed E-state index contributed by atoms with van der Waals surface area (Å²) >= 11 is 1.58. The second-order valence-electron chi connectivity index (χ2n) is 5.63. The van der Waals surface area contributed by atoms with Crippen molar-refractivity contribution in [2.24, 2.45) is 0 Å². The van der Waals surface area contributed by atoms with E-state index in [2.05, 4.69) is 29.4 Å². The number of methoxy groups -OCH3 is 2. The van der Waals surface area contributed by atoms with Crippen LogP contribution in [0.3, 0.4) is 0 Å². The molecule has 0 spiro atoms. The van der Waals surface area contributed by atoms with Crippen LogP contribution in [0.1, 0.15) is 16.7 Å². The van der Waals surface area contributed by atoms with Crippen LogP contribution in [-0.2, 0) is 5.75 Å². The molecule has 6 nitrogen and oxygen atoms in total. The first-order valence-corrected chi connectivity index (χ1v) is 8.80. The number of aromatic nitrogens is 4. The van der Waals surface area contributed by atoms with Gasteiger partial charge in [-0.3, -0.25) is 0 Å². The van der Waals surface area contributed by atoms with Crippen molar-refractivity contribution >= 4 is 11.8 Å². The fourth-order valence-electron chi connectivity index (χ4n) is 2.44. The minimum Gasteiger partial charge on any atom is -0.493 e. The lowest BCUT2D eigenvalue weighted by Gasteiger charge is -2.12. The minimum absolute atomic E-state index is 0.724. The molecule has 1 aromatic heterocycles. The summed E-state index contributed by atoms with van der Waals surface area (Å²) in [5, 5.41) is 12.8. The molecule has 0 radical (unpaired) electrons. The molecule has 2 aromatic carbocycles. The minimum atomic E-state index is 0.724. The van der Waals surface area contributed by atoms with E-state index in [0.717, 1.165) is 39.2 Å². The molecule has 0 N–H and O–H groups in total. The molecule has 0 unspecified atom stereocenters. The Balaban J connectivity index is 1.81. The summed E-state index contributed by atoms with van der Waals surface area (Å²) < 4.78 is 12.5. The Morgan fingerprint density at radius 1 is 1.00 bits per heavy atom. The van der Waals surface area contributed by atoms with Crippen molar-refractivity contribution in [2.45, 2.75) is 24.8 Å². The molecule has 25 heavy (non-hydrogen) atoms. The van der Waals surface area contributed by atoms with Gasteiger partial charge in [-0.1, -0.05) is 29.5 Å². The van der Waals surface area contributed by atoms with E-state index in [0.29, 0.717) is 0 Å². The molecule has 0 fully saturated rings. The van der Waals surface area contributed by atoms with Gasteiger partial charge in [-0.25, -0.2) is 0 Å². The van der Waals surface area contributed by atoms with E-state index >= 15 is 0 Å². The van der Waals surface area contributed by atoms with Gasteiger partial charge in [0.05, 0.1) is 19.9 Å². The fraction of sp³-hybridized carbons (Fsp3) is 0.278. The molecular formula is C18H20N4O2S. The lowest BCUT2D eigenvalue weighted by Crippen LogP contribution is -2.00. The van der Waals surface area contributed by atoms with Gasteiger partial charge in [-0.15, -0.1) is 5.10 Å². The molecule has 0 aliphatic heterocycles. The number of tetrazole rings is 1. The maximum absolute atomic E-state index is 5.39. The molecule has 3 aromatic rings. The Bertz CT molecular complexity index is 862. The van der Waals surface area contributed by atoms with Gasteiger partial charge in [0.2, 0.25) is 5.16 Å². The van der Waals surface area contributed by atoms with E-state index in [9.17, 15) is 0 Å². The lowest BCUT2D eigenvalue weighted by atomic mass is 10.1. The van der Waals surface area contributed by atoms with Gasteiger partial charge in [-0.2, -0.15) is 4.68 Å². The maximum Gasteiger partial charge on any atom is 0.214 e. The van der Waals surface area contributed by atoms with Crippen molar-refractivity contribution in [3.05, 3.63) is 53.1 Å². The van der Waals surface area contributed by atoms with Gasteiger partial charge >= 0.3 is 0 Å². The number of hydrogen-bond donors (Lipinski definition) is 0. The first-order valence-electron chi connectivity index (χ1n) is 7.82. The molecule has 0 bridgehead atoms. The average molecular weight is 356 g/mol. The normalized spacial score (nSPS) is 10.7. The monoisotopic (exact) mass is 356 g/mol. The number of ether oxygens (including phenoxy) is 2. The van der Waals surface area contributed by atoms with Crippen LogP contribution in [0.4, 0.5) is 0 Å². The number of thioether (sulfide) groups is 1. The number of nitrogens with zero attached hydrogens (tertiary/aromatic N) is 4. The van der Waals surface area contributed by atoms with Crippen LogP contribution in [0, 0.1) is 13.8 Å². The highest BCUT2D eigenvalue weighted by Gasteiger charge is 2.12. The third-order valence-corrected chi connectivity index (χ3v) is 4.89.